The number of aliphatic hydroxyl groups excluding tert-OH is 1. The Labute approximate surface area is 125 Å². The monoisotopic (exact) mass is 293 g/mol. The molecular weight excluding hydrogens is 269 g/mol. The molecule has 2 fully saturated rings. The molecule has 0 aromatic heterocycles. The first-order chi connectivity index (χ1) is 10.2. The summed E-state index contributed by atoms with van der Waals surface area (Å²) in [6, 6.07) is 5.88. The van der Waals surface area contributed by atoms with Gasteiger partial charge >= 0.3 is 0 Å². The van der Waals surface area contributed by atoms with E-state index in [0.29, 0.717) is 12.0 Å². The zero-order valence-electron chi connectivity index (χ0n) is 12.5. The van der Waals surface area contributed by atoms with Crippen LogP contribution in [0.15, 0.2) is 18.2 Å². The van der Waals surface area contributed by atoms with Crippen molar-refractivity contribution in [3.8, 4) is 5.75 Å². The first kappa shape index (κ1) is 14.8. The molecule has 1 unspecified atom stereocenters. The fourth-order valence-electron chi connectivity index (χ4n) is 3.63. The molecule has 3 rings (SSSR count). The summed E-state index contributed by atoms with van der Waals surface area (Å²) < 4.78 is 19.0. The number of ether oxygens (including phenoxy) is 1. The average molecular weight is 293 g/mol. The fourth-order valence-corrected chi connectivity index (χ4v) is 3.63. The molecule has 1 aromatic carbocycles. The van der Waals surface area contributed by atoms with Crippen LogP contribution in [-0.4, -0.2) is 24.4 Å². The minimum Gasteiger partial charge on any atom is -0.494 e. The zero-order chi connectivity index (χ0) is 14.8. The molecule has 2 aliphatic carbocycles. The smallest absolute Gasteiger partial charge is 0.165 e. The highest BCUT2D eigenvalue weighted by Crippen LogP contribution is 2.40. The molecule has 0 saturated heterocycles. The van der Waals surface area contributed by atoms with E-state index in [2.05, 4.69) is 5.32 Å². The van der Waals surface area contributed by atoms with E-state index in [0.717, 1.165) is 18.4 Å². The normalized spacial score (nSPS) is 27.4. The number of aliphatic hydroxyl groups is 1. The van der Waals surface area contributed by atoms with Crippen LogP contribution in [0.4, 0.5) is 4.39 Å². The SMILES string of the molecule is COc1ccc(C(NC2CCCC2)C2CC(O)C2)cc1F. The molecule has 0 spiro atoms. The summed E-state index contributed by atoms with van der Waals surface area (Å²) in [5.41, 5.74) is 0.970. The Kier molecular flexibility index (Phi) is 4.45. The molecule has 0 radical (unpaired) electrons. The first-order valence-electron chi connectivity index (χ1n) is 7.95. The van der Waals surface area contributed by atoms with Crippen molar-refractivity contribution in [2.24, 2.45) is 5.92 Å². The van der Waals surface area contributed by atoms with E-state index in [1.807, 2.05) is 6.07 Å². The van der Waals surface area contributed by atoms with E-state index < -0.39 is 0 Å². The van der Waals surface area contributed by atoms with Gasteiger partial charge in [-0.2, -0.15) is 0 Å². The molecule has 21 heavy (non-hydrogen) atoms. The summed E-state index contributed by atoms with van der Waals surface area (Å²) in [5, 5.41) is 13.3. The van der Waals surface area contributed by atoms with Crippen LogP contribution in [0.25, 0.3) is 0 Å². The van der Waals surface area contributed by atoms with Gasteiger partial charge in [-0.25, -0.2) is 4.39 Å². The van der Waals surface area contributed by atoms with Crippen LogP contribution in [0, 0.1) is 11.7 Å². The van der Waals surface area contributed by atoms with Gasteiger partial charge in [-0.15, -0.1) is 0 Å². The fraction of sp³-hybridized carbons (Fsp3) is 0.647. The maximum atomic E-state index is 14.0. The Morgan fingerprint density at radius 1 is 1.29 bits per heavy atom. The largest absolute Gasteiger partial charge is 0.494 e. The topological polar surface area (TPSA) is 41.5 Å². The van der Waals surface area contributed by atoms with Crippen molar-refractivity contribution in [3.63, 3.8) is 0 Å². The minimum atomic E-state index is -0.312. The molecule has 0 heterocycles. The summed E-state index contributed by atoms with van der Waals surface area (Å²) in [7, 11) is 1.48. The van der Waals surface area contributed by atoms with Gasteiger partial charge in [0.05, 0.1) is 13.2 Å². The van der Waals surface area contributed by atoms with E-state index in [4.69, 9.17) is 4.74 Å². The standard InChI is InChI=1S/C17H24FNO2/c1-21-16-7-6-11(10-15(16)18)17(12-8-14(20)9-12)19-13-4-2-3-5-13/h6-7,10,12-14,17,19-20H,2-5,8-9H2,1H3. The maximum Gasteiger partial charge on any atom is 0.165 e. The highest BCUT2D eigenvalue weighted by Gasteiger charge is 2.36. The van der Waals surface area contributed by atoms with E-state index in [1.165, 1.54) is 32.8 Å². The lowest BCUT2D eigenvalue weighted by Crippen LogP contribution is -2.42. The van der Waals surface area contributed by atoms with Crippen molar-refractivity contribution in [2.45, 2.75) is 56.7 Å². The minimum absolute atomic E-state index is 0.136. The van der Waals surface area contributed by atoms with Gasteiger partial charge in [-0.3, -0.25) is 0 Å². The third-order valence-corrected chi connectivity index (χ3v) is 4.93. The Morgan fingerprint density at radius 2 is 2.00 bits per heavy atom. The number of hydrogen-bond acceptors (Lipinski definition) is 3. The summed E-state index contributed by atoms with van der Waals surface area (Å²) in [5.74, 6) is 0.369. The number of nitrogens with one attached hydrogen (secondary N) is 1. The molecule has 0 bridgehead atoms. The van der Waals surface area contributed by atoms with Gasteiger partial charge in [0.25, 0.3) is 0 Å². The van der Waals surface area contributed by atoms with Gasteiger partial charge in [0.2, 0.25) is 0 Å². The van der Waals surface area contributed by atoms with Crippen LogP contribution in [0.5, 0.6) is 5.75 Å². The second-order valence-corrected chi connectivity index (χ2v) is 6.41. The van der Waals surface area contributed by atoms with E-state index in [1.54, 1.807) is 12.1 Å². The second kappa shape index (κ2) is 6.32. The van der Waals surface area contributed by atoms with Crippen LogP contribution < -0.4 is 10.1 Å². The number of rotatable bonds is 5. The first-order valence-corrected chi connectivity index (χ1v) is 7.95. The van der Waals surface area contributed by atoms with Gasteiger partial charge in [-0.05, 0) is 49.3 Å². The van der Waals surface area contributed by atoms with Gasteiger partial charge in [0, 0.05) is 12.1 Å². The molecule has 2 aliphatic rings. The van der Waals surface area contributed by atoms with Crippen LogP contribution in [0.1, 0.15) is 50.1 Å². The zero-order valence-corrected chi connectivity index (χ0v) is 12.5. The van der Waals surface area contributed by atoms with Crippen LogP contribution in [0.2, 0.25) is 0 Å². The molecule has 1 aromatic rings. The maximum absolute atomic E-state index is 14.0. The molecule has 116 valence electrons. The summed E-state index contributed by atoms with van der Waals surface area (Å²) >= 11 is 0. The third kappa shape index (κ3) is 3.22. The molecule has 0 amide bonds. The highest BCUT2D eigenvalue weighted by molar-refractivity contribution is 5.31. The quantitative estimate of drug-likeness (QED) is 0.876. The van der Waals surface area contributed by atoms with Crippen molar-refractivity contribution in [1.82, 2.24) is 5.32 Å². The van der Waals surface area contributed by atoms with E-state index in [-0.39, 0.29) is 23.7 Å². The highest BCUT2D eigenvalue weighted by atomic mass is 19.1. The van der Waals surface area contributed by atoms with Gasteiger partial charge in [-0.1, -0.05) is 18.9 Å². The van der Waals surface area contributed by atoms with Crippen LogP contribution in [0.3, 0.4) is 0 Å². The molecule has 0 aliphatic heterocycles. The van der Waals surface area contributed by atoms with Gasteiger partial charge < -0.3 is 15.2 Å². The Morgan fingerprint density at radius 3 is 2.57 bits per heavy atom. The predicted octanol–water partition coefficient (Wildman–Crippen LogP) is 3.18. The molecule has 4 heteroatoms. The number of hydrogen-bond donors (Lipinski definition) is 2. The predicted molar refractivity (Wildman–Crippen MR) is 79.8 cm³/mol. The molecular formula is C17H24FNO2. The van der Waals surface area contributed by atoms with Gasteiger partial charge in [0.15, 0.2) is 11.6 Å². The van der Waals surface area contributed by atoms with Crippen molar-refractivity contribution in [3.05, 3.63) is 29.6 Å². The summed E-state index contributed by atoms with van der Waals surface area (Å²) in [6.07, 6.45) is 6.36. The summed E-state index contributed by atoms with van der Waals surface area (Å²) in [4.78, 5) is 0. The number of benzene rings is 1. The Balaban J connectivity index is 1.78. The van der Waals surface area contributed by atoms with Crippen molar-refractivity contribution in [1.29, 1.82) is 0 Å². The molecule has 1 atom stereocenters. The van der Waals surface area contributed by atoms with Crippen molar-refractivity contribution >= 4 is 0 Å². The van der Waals surface area contributed by atoms with Gasteiger partial charge in [0.1, 0.15) is 0 Å². The van der Waals surface area contributed by atoms with E-state index in [9.17, 15) is 9.50 Å². The van der Waals surface area contributed by atoms with Crippen molar-refractivity contribution in [2.75, 3.05) is 7.11 Å². The Bertz CT molecular complexity index is 482. The summed E-state index contributed by atoms with van der Waals surface area (Å²) in [6.45, 7) is 0. The lowest BCUT2D eigenvalue weighted by Gasteiger charge is -2.39. The van der Waals surface area contributed by atoms with Crippen molar-refractivity contribution < 1.29 is 14.2 Å². The molecule has 2 saturated carbocycles. The van der Waals surface area contributed by atoms with Crippen LogP contribution in [-0.2, 0) is 0 Å². The van der Waals surface area contributed by atoms with E-state index >= 15 is 0 Å². The third-order valence-electron chi connectivity index (χ3n) is 4.93. The second-order valence-electron chi connectivity index (χ2n) is 6.41. The number of methoxy groups -OCH3 is 1. The lowest BCUT2D eigenvalue weighted by molar-refractivity contribution is 0.0219. The molecule has 3 nitrogen and oxygen atoms in total. The molecule has 2 N–H and O–H groups in total. The number of halogens is 1. The Hall–Kier alpha value is -1.13. The lowest BCUT2D eigenvalue weighted by atomic mass is 9.74. The van der Waals surface area contributed by atoms with Crippen LogP contribution >= 0.6 is 0 Å². The average Bonchev–Trinajstić information content (AvgIpc) is 2.94.